The molecule has 0 aromatic carbocycles. The number of phosphoric ester groups is 1. The lowest BCUT2D eigenvalue weighted by atomic mass is 9.94. The van der Waals surface area contributed by atoms with Gasteiger partial charge in [-0.3, -0.25) is 28.2 Å². The van der Waals surface area contributed by atoms with Gasteiger partial charge in [0.2, 0.25) is 0 Å². The third kappa shape index (κ3) is 39.9. The minimum Gasteiger partial charge on any atom is -0.466 e. The van der Waals surface area contributed by atoms with Crippen LogP contribution in [0, 0.1) is 23.7 Å². The minimum atomic E-state index is -4.17. The Bertz CT molecular complexity index is 1350. The Kier molecular flexibility index (Phi) is 43.1. The van der Waals surface area contributed by atoms with E-state index in [1.54, 1.807) is 0 Å². The molecular formula is C60H113N2O12P. The van der Waals surface area contributed by atoms with E-state index in [0.29, 0.717) is 76.0 Å². The molecule has 0 saturated carbocycles. The Labute approximate surface area is 457 Å². The van der Waals surface area contributed by atoms with Gasteiger partial charge in [-0.15, -0.1) is 0 Å². The molecule has 14 nitrogen and oxygen atoms in total. The SMILES string of the molecule is CCCCCCCCC(CCCCCC)COC(=O)CCCC(=O)OCCC1CCN(CCOP(=O)(O)OCCN2CCC(CCOC(=O)CCCC(=O)OCC(CCCCCC)CCCCCCCC)CC2)CC1. The van der Waals surface area contributed by atoms with Crippen molar-refractivity contribution in [1.29, 1.82) is 0 Å². The van der Waals surface area contributed by atoms with Gasteiger partial charge in [0, 0.05) is 38.8 Å². The summed E-state index contributed by atoms with van der Waals surface area (Å²) in [6, 6.07) is 0. The van der Waals surface area contributed by atoms with Crippen LogP contribution in [-0.4, -0.2) is 117 Å². The number of likely N-dealkylation sites (tertiary alicyclic amines) is 2. The molecule has 0 aliphatic carbocycles. The van der Waals surface area contributed by atoms with Crippen molar-refractivity contribution < 1.29 is 56.6 Å². The number of esters is 4. The third-order valence-electron chi connectivity index (χ3n) is 15.7. The molecule has 2 aliphatic rings. The van der Waals surface area contributed by atoms with Crippen LogP contribution in [0.2, 0.25) is 0 Å². The number of phosphoric acid groups is 1. The fraction of sp³-hybridized carbons (Fsp3) is 0.933. The molecule has 75 heavy (non-hydrogen) atoms. The van der Waals surface area contributed by atoms with Gasteiger partial charge < -0.3 is 33.6 Å². The number of nitrogens with zero attached hydrogens (tertiary/aromatic N) is 2. The smallest absolute Gasteiger partial charge is 0.466 e. The number of hydrogen-bond acceptors (Lipinski definition) is 13. The number of piperidine rings is 2. The number of ether oxygens (including phenoxy) is 4. The predicted molar refractivity (Wildman–Crippen MR) is 301 cm³/mol. The highest BCUT2D eigenvalue weighted by Crippen LogP contribution is 2.43. The maximum absolute atomic E-state index is 12.6. The van der Waals surface area contributed by atoms with Crippen molar-refractivity contribution >= 4 is 31.7 Å². The number of carbonyl (C=O) groups is 4. The van der Waals surface area contributed by atoms with Crippen LogP contribution in [-0.2, 0) is 51.7 Å². The van der Waals surface area contributed by atoms with E-state index in [0.717, 1.165) is 90.4 Å². The quantitative estimate of drug-likeness (QED) is 0.0264. The van der Waals surface area contributed by atoms with Crippen molar-refractivity contribution in [3.8, 4) is 0 Å². The van der Waals surface area contributed by atoms with Crippen molar-refractivity contribution in [2.24, 2.45) is 23.7 Å². The topological polar surface area (TPSA) is 167 Å². The number of rotatable bonds is 50. The molecule has 0 spiro atoms. The molecule has 0 aromatic heterocycles. The summed E-state index contributed by atoms with van der Waals surface area (Å²) in [5, 5.41) is 0. The Morgan fingerprint density at radius 1 is 0.427 bits per heavy atom. The fourth-order valence-corrected chi connectivity index (χ4v) is 11.2. The Hall–Kier alpha value is -2.09. The van der Waals surface area contributed by atoms with Crippen LogP contribution in [0.5, 0.6) is 0 Å². The molecule has 2 saturated heterocycles. The maximum Gasteiger partial charge on any atom is 0.472 e. The molecule has 15 heteroatoms. The first-order chi connectivity index (χ1) is 36.5. The largest absolute Gasteiger partial charge is 0.472 e. The molecule has 440 valence electrons. The van der Waals surface area contributed by atoms with Gasteiger partial charge in [0.15, 0.2) is 0 Å². The van der Waals surface area contributed by atoms with E-state index in [2.05, 4.69) is 37.5 Å². The van der Waals surface area contributed by atoms with Gasteiger partial charge in [0.05, 0.1) is 39.6 Å². The molecule has 2 unspecified atom stereocenters. The first-order valence-corrected chi connectivity index (χ1v) is 32.6. The molecule has 0 bridgehead atoms. The summed E-state index contributed by atoms with van der Waals surface area (Å²) < 4.78 is 45.6. The monoisotopic (exact) mass is 1080 g/mol. The van der Waals surface area contributed by atoms with Gasteiger partial charge in [-0.05, 0) is 127 Å². The molecule has 0 amide bonds. The van der Waals surface area contributed by atoms with Crippen LogP contribution in [0.1, 0.15) is 259 Å². The van der Waals surface area contributed by atoms with Crippen LogP contribution < -0.4 is 0 Å². The van der Waals surface area contributed by atoms with E-state index in [1.807, 2.05) is 0 Å². The summed E-state index contributed by atoms with van der Waals surface area (Å²) in [7, 11) is -4.17. The van der Waals surface area contributed by atoms with Crippen molar-refractivity contribution in [3.05, 3.63) is 0 Å². The molecular weight excluding hydrogens is 972 g/mol. The number of hydrogen-bond donors (Lipinski definition) is 1. The van der Waals surface area contributed by atoms with Crippen molar-refractivity contribution in [1.82, 2.24) is 9.80 Å². The Morgan fingerprint density at radius 2 is 0.720 bits per heavy atom. The summed E-state index contributed by atoms with van der Waals surface area (Å²) in [5.41, 5.74) is 0. The fourth-order valence-electron chi connectivity index (χ4n) is 10.5. The van der Waals surface area contributed by atoms with Crippen LogP contribution in [0.25, 0.3) is 0 Å². The summed E-state index contributed by atoms with van der Waals surface area (Å²) in [6.07, 6.45) is 36.7. The van der Waals surface area contributed by atoms with Gasteiger partial charge in [0.25, 0.3) is 0 Å². The zero-order valence-corrected chi connectivity index (χ0v) is 49.4. The lowest BCUT2D eigenvalue weighted by Crippen LogP contribution is -2.36. The van der Waals surface area contributed by atoms with Gasteiger partial charge in [-0.1, -0.05) is 156 Å². The second-order valence-electron chi connectivity index (χ2n) is 22.3. The van der Waals surface area contributed by atoms with E-state index in [4.69, 9.17) is 28.0 Å². The lowest BCUT2D eigenvalue weighted by molar-refractivity contribution is -0.148. The normalized spacial score (nSPS) is 16.6. The lowest BCUT2D eigenvalue weighted by Gasteiger charge is -2.32. The summed E-state index contributed by atoms with van der Waals surface area (Å²) in [6.45, 7) is 15.3. The van der Waals surface area contributed by atoms with Crippen molar-refractivity contribution in [2.45, 2.75) is 259 Å². The number of carbonyl (C=O) groups excluding carboxylic acids is 4. The second kappa shape index (κ2) is 46.8. The highest BCUT2D eigenvalue weighted by Gasteiger charge is 2.26. The van der Waals surface area contributed by atoms with Crippen molar-refractivity contribution in [2.75, 3.05) is 78.9 Å². The van der Waals surface area contributed by atoms with E-state index in [-0.39, 0.29) is 62.8 Å². The first-order valence-electron chi connectivity index (χ1n) is 31.2. The highest BCUT2D eigenvalue weighted by molar-refractivity contribution is 7.47. The number of unbranched alkanes of at least 4 members (excludes halogenated alkanes) is 16. The van der Waals surface area contributed by atoms with Crippen molar-refractivity contribution in [3.63, 3.8) is 0 Å². The van der Waals surface area contributed by atoms with E-state index >= 15 is 0 Å². The second-order valence-corrected chi connectivity index (χ2v) is 23.8. The van der Waals surface area contributed by atoms with Crippen LogP contribution in [0.15, 0.2) is 0 Å². The van der Waals surface area contributed by atoms with Crippen LogP contribution >= 0.6 is 7.82 Å². The molecule has 2 atom stereocenters. The summed E-state index contributed by atoms with van der Waals surface area (Å²) in [5.74, 6) is 0.767. The third-order valence-corrected chi connectivity index (χ3v) is 16.7. The first kappa shape index (κ1) is 69.0. The van der Waals surface area contributed by atoms with Gasteiger partial charge in [-0.2, -0.15) is 0 Å². The Morgan fingerprint density at radius 3 is 1.05 bits per heavy atom. The average molecular weight is 1090 g/mol. The molecule has 2 heterocycles. The van der Waals surface area contributed by atoms with Gasteiger partial charge in [0.1, 0.15) is 0 Å². The average Bonchev–Trinajstić information content (AvgIpc) is 3.39. The molecule has 2 fully saturated rings. The molecule has 0 radical (unpaired) electrons. The zero-order chi connectivity index (χ0) is 54.5. The van der Waals surface area contributed by atoms with E-state index in [9.17, 15) is 28.6 Å². The van der Waals surface area contributed by atoms with Crippen LogP contribution in [0.3, 0.4) is 0 Å². The molecule has 2 rings (SSSR count). The summed E-state index contributed by atoms with van der Waals surface area (Å²) in [4.78, 5) is 64.6. The predicted octanol–water partition coefficient (Wildman–Crippen LogP) is 14.5. The van der Waals surface area contributed by atoms with Crippen LogP contribution in [0.4, 0.5) is 0 Å². The standard InChI is InChI=1S/C60H113N2O12P/c1-5-9-13-17-19-23-29-55(27-21-15-11-7-3)51-71-59(65)33-25-31-57(63)69-47-39-53-35-41-61(42-36-53)45-49-73-75(67,68)74-50-46-62-43-37-54(38-44-62)40-48-70-58(64)32-26-34-60(66)72-52-56(28-22-16-12-8-4)30-24-20-18-14-10-6-2/h53-56H,5-52H2,1-4H3,(H,67,68). The highest BCUT2D eigenvalue weighted by atomic mass is 31.2. The maximum atomic E-state index is 12.6. The Balaban J connectivity index is 1.47. The van der Waals surface area contributed by atoms with Gasteiger partial charge in [-0.25, -0.2) is 4.57 Å². The minimum absolute atomic E-state index is 0.101. The summed E-state index contributed by atoms with van der Waals surface area (Å²) >= 11 is 0. The molecule has 2 aliphatic heterocycles. The molecule has 0 aromatic rings. The zero-order valence-electron chi connectivity index (χ0n) is 48.5. The molecule has 1 N–H and O–H groups in total. The van der Waals surface area contributed by atoms with E-state index < -0.39 is 7.82 Å². The van der Waals surface area contributed by atoms with Gasteiger partial charge >= 0.3 is 31.7 Å². The van der Waals surface area contributed by atoms with E-state index in [1.165, 1.54) is 128 Å².